The van der Waals surface area contributed by atoms with Crippen molar-refractivity contribution in [3.63, 3.8) is 0 Å². The predicted octanol–water partition coefficient (Wildman–Crippen LogP) is 3.80. The van der Waals surface area contributed by atoms with E-state index in [0.29, 0.717) is 4.70 Å². The summed E-state index contributed by atoms with van der Waals surface area (Å²) < 4.78 is 0.705. The van der Waals surface area contributed by atoms with Crippen molar-refractivity contribution in [2.45, 2.75) is 13.3 Å². The molecule has 3 aromatic rings. The van der Waals surface area contributed by atoms with Crippen LogP contribution in [0.2, 0.25) is 0 Å². The van der Waals surface area contributed by atoms with Gasteiger partial charge in [0.15, 0.2) is 0 Å². The Kier molecular flexibility index (Phi) is 3.90. The van der Waals surface area contributed by atoms with E-state index in [2.05, 4.69) is 22.9 Å². The molecule has 4 nitrogen and oxygen atoms in total. The molecule has 1 fully saturated rings. The highest BCUT2D eigenvalue weighted by molar-refractivity contribution is 7.17. The van der Waals surface area contributed by atoms with Crippen LogP contribution in [0.4, 0.5) is 0 Å². The summed E-state index contributed by atoms with van der Waals surface area (Å²) in [5.74, 6) is 1.01. The van der Waals surface area contributed by atoms with Crippen LogP contribution in [0.3, 0.4) is 0 Å². The Labute approximate surface area is 144 Å². The molecule has 1 aromatic carbocycles. The van der Waals surface area contributed by atoms with Crippen LogP contribution in [0.1, 0.15) is 18.9 Å². The number of likely N-dealkylation sites (tertiary alicyclic amines) is 1. The number of phenols is 1. The van der Waals surface area contributed by atoms with Gasteiger partial charge in [-0.05, 0) is 42.5 Å². The van der Waals surface area contributed by atoms with Crippen LogP contribution in [0.5, 0.6) is 5.75 Å². The number of rotatable bonds is 3. The Morgan fingerprint density at radius 1 is 1.42 bits per heavy atom. The molecule has 1 aliphatic heterocycles. The Balaban J connectivity index is 1.78. The van der Waals surface area contributed by atoms with E-state index in [1.807, 2.05) is 17.5 Å². The molecule has 2 aromatic heterocycles. The van der Waals surface area contributed by atoms with Gasteiger partial charge >= 0.3 is 0 Å². The fourth-order valence-corrected chi connectivity index (χ4v) is 4.34. The van der Waals surface area contributed by atoms with Gasteiger partial charge in [-0.1, -0.05) is 19.1 Å². The van der Waals surface area contributed by atoms with Crippen molar-refractivity contribution in [1.29, 1.82) is 0 Å². The number of aromatic amines is 1. The molecule has 24 heavy (non-hydrogen) atoms. The lowest BCUT2D eigenvalue weighted by Crippen LogP contribution is -2.19. The van der Waals surface area contributed by atoms with E-state index in [1.165, 1.54) is 17.8 Å². The zero-order valence-corrected chi connectivity index (χ0v) is 14.4. The maximum Gasteiger partial charge on any atom is 0.266 e. The molecule has 0 aliphatic carbocycles. The van der Waals surface area contributed by atoms with Gasteiger partial charge in [0, 0.05) is 34.9 Å². The molecule has 1 saturated heterocycles. The highest BCUT2D eigenvalue weighted by Gasteiger charge is 2.17. The van der Waals surface area contributed by atoms with Crippen molar-refractivity contribution < 1.29 is 5.11 Å². The van der Waals surface area contributed by atoms with Crippen LogP contribution < -0.4 is 5.56 Å². The first-order valence-electron chi connectivity index (χ1n) is 8.27. The zero-order valence-electron chi connectivity index (χ0n) is 13.6. The molecule has 124 valence electrons. The average molecular weight is 340 g/mol. The van der Waals surface area contributed by atoms with Crippen molar-refractivity contribution in [1.82, 2.24) is 9.88 Å². The van der Waals surface area contributed by atoms with Crippen molar-refractivity contribution in [2.24, 2.45) is 5.92 Å². The number of nitrogens with one attached hydrogen (secondary N) is 1. The zero-order chi connectivity index (χ0) is 16.7. The smallest absolute Gasteiger partial charge is 0.266 e. The monoisotopic (exact) mass is 340 g/mol. The van der Waals surface area contributed by atoms with Crippen LogP contribution in [-0.2, 0) is 0 Å². The second kappa shape index (κ2) is 6.07. The number of H-pyrrole nitrogens is 1. The number of aromatic nitrogens is 1. The molecule has 1 unspecified atom stereocenters. The third kappa shape index (κ3) is 2.64. The molecular weight excluding hydrogens is 320 g/mol. The minimum atomic E-state index is -0.0702. The molecule has 4 rings (SSSR count). The molecule has 0 saturated carbocycles. The van der Waals surface area contributed by atoms with Crippen molar-refractivity contribution in [3.05, 3.63) is 45.6 Å². The van der Waals surface area contributed by atoms with Gasteiger partial charge in [0.2, 0.25) is 0 Å². The van der Waals surface area contributed by atoms with E-state index in [4.69, 9.17) is 0 Å². The number of hydrogen-bond acceptors (Lipinski definition) is 4. The van der Waals surface area contributed by atoms with E-state index in [0.717, 1.165) is 47.4 Å². The van der Waals surface area contributed by atoms with Gasteiger partial charge in [-0.2, -0.15) is 0 Å². The third-order valence-corrected chi connectivity index (χ3v) is 5.68. The van der Waals surface area contributed by atoms with E-state index in [-0.39, 0.29) is 11.3 Å². The molecular formula is C19H20N2O2S. The lowest BCUT2D eigenvalue weighted by molar-refractivity contribution is 0.364. The molecule has 1 aliphatic rings. The third-order valence-electron chi connectivity index (χ3n) is 4.77. The Bertz CT molecular complexity index is 986. The van der Waals surface area contributed by atoms with Crippen LogP contribution >= 0.6 is 11.3 Å². The van der Waals surface area contributed by atoms with Gasteiger partial charge in [-0.25, -0.2) is 0 Å². The number of phenolic OH excluding ortho intramolecular Hbond substituents is 1. The molecule has 0 amide bonds. The van der Waals surface area contributed by atoms with E-state index < -0.39 is 0 Å². The SMILES string of the molecule is CC1CCN(C/C=C/c2c(O)ccc3[nH]c(=O)c4sccc4c23)C1. The standard InChI is InChI=1S/C19H20N2O2S/c1-12-6-9-21(11-12)8-2-3-13-16(22)5-4-15-17(13)14-7-10-24-18(14)19(23)20-15/h2-5,7,10,12,22H,6,8-9,11H2,1H3,(H,20,23)/b3-2+. The summed E-state index contributed by atoms with van der Waals surface area (Å²) in [7, 11) is 0. The Morgan fingerprint density at radius 3 is 3.08 bits per heavy atom. The molecule has 1 atom stereocenters. The van der Waals surface area contributed by atoms with Crippen LogP contribution in [0, 0.1) is 5.92 Å². The lowest BCUT2D eigenvalue weighted by atomic mass is 10.0. The highest BCUT2D eigenvalue weighted by Crippen LogP contribution is 2.33. The first kappa shape index (κ1) is 15.4. The summed E-state index contributed by atoms with van der Waals surface area (Å²) in [6, 6.07) is 5.37. The second-order valence-electron chi connectivity index (χ2n) is 6.59. The Hall–Kier alpha value is -2.11. The van der Waals surface area contributed by atoms with Crippen molar-refractivity contribution in [2.75, 3.05) is 19.6 Å². The summed E-state index contributed by atoms with van der Waals surface area (Å²) in [6.45, 7) is 5.43. The number of benzene rings is 1. The van der Waals surface area contributed by atoms with Crippen LogP contribution in [0.15, 0.2) is 34.4 Å². The summed E-state index contributed by atoms with van der Waals surface area (Å²) in [5, 5.41) is 14.1. The second-order valence-corrected chi connectivity index (χ2v) is 7.51. The first-order chi connectivity index (χ1) is 11.6. The summed E-state index contributed by atoms with van der Waals surface area (Å²) >= 11 is 1.43. The molecule has 0 spiro atoms. The lowest BCUT2D eigenvalue weighted by Gasteiger charge is -2.12. The molecule has 0 radical (unpaired) electrons. The van der Waals surface area contributed by atoms with Gasteiger partial charge in [-0.15, -0.1) is 11.3 Å². The normalized spacial score (nSPS) is 19.1. The fraction of sp³-hybridized carbons (Fsp3) is 0.316. The van der Waals surface area contributed by atoms with Crippen LogP contribution in [0.25, 0.3) is 27.1 Å². The number of nitrogens with zero attached hydrogens (tertiary/aromatic N) is 1. The number of aromatic hydroxyl groups is 1. The van der Waals surface area contributed by atoms with E-state index in [1.54, 1.807) is 12.1 Å². The molecule has 0 bridgehead atoms. The molecule has 3 heterocycles. The van der Waals surface area contributed by atoms with Crippen molar-refractivity contribution >= 4 is 38.4 Å². The summed E-state index contributed by atoms with van der Waals surface area (Å²) in [6.07, 6.45) is 5.34. The quantitative estimate of drug-likeness (QED) is 0.762. The Morgan fingerprint density at radius 2 is 2.29 bits per heavy atom. The number of thiophene rings is 1. The van der Waals surface area contributed by atoms with E-state index in [9.17, 15) is 9.90 Å². The minimum Gasteiger partial charge on any atom is -0.507 e. The van der Waals surface area contributed by atoms with Gasteiger partial charge < -0.3 is 10.1 Å². The average Bonchev–Trinajstić information content (AvgIpc) is 3.19. The first-order valence-corrected chi connectivity index (χ1v) is 9.15. The van der Waals surface area contributed by atoms with Crippen LogP contribution in [-0.4, -0.2) is 34.6 Å². The fourth-order valence-electron chi connectivity index (χ4n) is 3.54. The van der Waals surface area contributed by atoms with Gasteiger partial charge in [-0.3, -0.25) is 9.69 Å². The minimum absolute atomic E-state index is 0.0702. The summed E-state index contributed by atoms with van der Waals surface area (Å²) in [4.78, 5) is 17.5. The predicted molar refractivity (Wildman–Crippen MR) is 101 cm³/mol. The van der Waals surface area contributed by atoms with Gasteiger partial charge in [0.05, 0.1) is 0 Å². The maximum absolute atomic E-state index is 12.1. The molecule has 5 heteroatoms. The van der Waals surface area contributed by atoms with E-state index >= 15 is 0 Å². The number of fused-ring (bicyclic) bond motifs is 3. The topological polar surface area (TPSA) is 56.3 Å². The number of pyridine rings is 1. The van der Waals surface area contributed by atoms with Gasteiger partial charge in [0.1, 0.15) is 10.4 Å². The molecule has 2 N–H and O–H groups in total. The largest absolute Gasteiger partial charge is 0.507 e. The number of hydrogen-bond donors (Lipinski definition) is 2. The van der Waals surface area contributed by atoms with Gasteiger partial charge in [0.25, 0.3) is 5.56 Å². The summed E-state index contributed by atoms with van der Waals surface area (Å²) in [5.41, 5.74) is 1.47. The highest BCUT2D eigenvalue weighted by atomic mass is 32.1. The maximum atomic E-state index is 12.1. The van der Waals surface area contributed by atoms with Crippen molar-refractivity contribution in [3.8, 4) is 5.75 Å².